The van der Waals surface area contributed by atoms with E-state index in [1.54, 1.807) is 0 Å². The Morgan fingerprint density at radius 3 is 2.11 bits per heavy atom. The van der Waals surface area contributed by atoms with Gasteiger partial charge in [0.2, 0.25) is 0 Å². The quantitative estimate of drug-likeness (QED) is 0.870. The fourth-order valence-electron chi connectivity index (χ4n) is 1.74. The van der Waals surface area contributed by atoms with Crippen LogP contribution >= 0.6 is 0 Å². The SMILES string of the molecule is CCOc1ccc(C(O)C(C)(C)C)cc1OCC. The number of rotatable bonds is 5. The van der Waals surface area contributed by atoms with E-state index < -0.39 is 6.10 Å². The molecule has 18 heavy (non-hydrogen) atoms. The molecular weight excluding hydrogens is 228 g/mol. The lowest BCUT2D eigenvalue weighted by Crippen LogP contribution is -2.17. The van der Waals surface area contributed by atoms with Crippen molar-refractivity contribution in [1.82, 2.24) is 0 Å². The maximum Gasteiger partial charge on any atom is 0.161 e. The Balaban J connectivity index is 3.06. The van der Waals surface area contributed by atoms with Crippen molar-refractivity contribution in [3.05, 3.63) is 23.8 Å². The van der Waals surface area contributed by atoms with Gasteiger partial charge in [-0.05, 0) is 37.0 Å². The van der Waals surface area contributed by atoms with Crippen molar-refractivity contribution in [2.75, 3.05) is 13.2 Å². The molecule has 1 N–H and O–H groups in total. The van der Waals surface area contributed by atoms with Gasteiger partial charge in [-0.1, -0.05) is 26.8 Å². The third-order valence-corrected chi connectivity index (χ3v) is 2.70. The summed E-state index contributed by atoms with van der Waals surface area (Å²) in [6.45, 7) is 11.1. The van der Waals surface area contributed by atoms with Crippen molar-refractivity contribution in [2.45, 2.75) is 40.7 Å². The largest absolute Gasteiger partial charge is 0.490 e. The predicted molar refractivity (Wildman–Crippen MR) is 73.2 cm³/mol. The molecule has 0 aromatic heterocycles. The first kappa shape index (κ1) is 14.8. The molecule has 0 saturated heterocycles. The molecule has 0 heterocycles. The standard InChI is InChI=1S/C15H24O3/c1-6-17-12-9-8-11(10-13(12)18-7-2)14(16)15(3,4)5/h8-10,14,16H,6-7H2,1-5H3. The number of aliphatic hydroxyl groups excluding tert-OH is 1. The molecule has 0 aliphatic rings. The van der Waals surface area contributed by atoms with Crippen molar-refractivity contribution in [3.8, 4) is 11.5 Å². The van der Waals surface area contributed by atoms with Gasteiger partial charge in [-0.2, -0.15) is 0 Å². The predicted octanol–water partition coefficient (Wildman–Crippen LogP) is 3.56. The zero-order valence-electron chi connectivity index (χ0n) is 12.0. The van der Waals surface area contributed by atoms with Crippen LogP contribution in [0.2, 0.25) is 0 Å². The number of hydrogen-bond donors (Lipinski definition) is 1. The molecule has 0 radical (unpaired) electrons. The van der Waals surface area contributed by atoms with Crippen LogP contribution in [-0.2, 0) is 0 Å². The van der Waals surface area contributed by atoms with Gasteiger partial charge < -0.3 is 14.6 Å². The summed E-state index contributed by atoms with van der Waals surface area (Å²) in [5.41, 5.74) is 0.658. The third kappa shape index (κ3) is 3.64. The summed E-state index contributed by atoms with van der Waals surface area (Å²) >= 11 is 0. The summed E-state index contributed by atoms with van der Waals surface area (Å²) in [6.07, 6.45) is -0.521. The van der Waals surface area contributed by atoms with E-state index in [4.69, 9.17) is 9.47 Å². The average Bonchev–Trinajstić information content (AvgIpc) is 2.30. The Morgan fingerprint density at radius 1 is 1.06 bits per heavy atom. The lowest BCUT2D eigenvalue weighted by Gasteiger charge is -2.26. The smallest absolute Gasteiger partial charge is 0.161 e. The van der Waals surface area contributed by atoms with Crippen LogP contribution in [0.5, 0.6) is 11.5 Å². The zero-order chi connectivity index (χ0) is 13.8. The van der Waals surface area contributed by atoms with E-state index in [2.05, 4.69) is 0 Å². The maximum absolute atomic E-state index is 10.3. The minimum absolute atomic E-state index is 0.198. The minimum atomic E-state index is -0.521. The highest BCUT2D eigenvalue weighted by Gasteiger charge is 2.24. The Kier molecular flexibility index (Phi) is 5.03. The van der Waals surface area contributed by atoms with E-state index in [0.717, 1.165) is 11.3 Å². The Bertz CT molecular complexity index is 380. The summed E-state index contributed by atoms with van der Waals surface area (Å²) in [5.74, 6) is 1.42. The Labute approximate surface area is 110 Å². The van der Waals surface area contributed by atoms with Crippen LogP contribution in [-0.4, -0.2) is 18.3 Å². The summed E-state index contributed by atoms with van der Waals surface area (Å²) < 4.78 is 11.1. The second-order valence-corrected chi connectivity index (χ2v) is 5.34. The van der Waals surface area contributed by atoms with Gasteiger partial charge in [0, 0.05) is 0 Å². The molecule has 0 saturated carbocycles. The highest BCUT2D eigenvalue weighted by atomic mass is 16.5. The van der Waals surface area contributed by atoms with Crippen molar-refractivity contribution in [3.63, 3.8) is 0 Å². The number of hydrogen-bond acceptors (Lipinski definition) is 3. The number of ether oxygens (including phenoxy) is 2. The summed E-state index contributed by atoms with van der Waals surface area (Å²) in [5, 5.41) is 10.3. The van der Waals surface area contributed by atoms with E-state index in [0.29, 0.717) is 19.0 Å². The highest BCUT2D eigenvalue weighted by molar-refractivity contribution is 5.43. The molecule has 3 heteroatoms. The van der Waals surface area contributed by atoms with Crippen molar-refractivity contribution in [1.29, 1.82) is 0 Å². The Morgan fingerprint density at radius 2 is 1.61 bits per heavy atom. The van der Waals surface area contributed by atoms with Gasteiger partial charge in [0.15, 0.2) is 11.5 Å². The lowest BCUT2D eigenvalue weighted by atomic mass is 9.85. The molecule has 102 valence electrons. The summed E-state index contributed by atoms with van der Waals surface area (Å²) in [6, 6.07) is 5.62. The average molecular weight is 252 g/mol. The van der Waals surface area contributed by atoms with E-state index in [1.807, 2.05) is 52.8 Å². The van der Waals surface area contributed by atoms with Crippen LogP contribution in [0.3, 0.4) is 0 Å². The van der Waals surface area contributed by atoms with Crippen molar-refractivity contribution in [2.24, 2.45) is 5.41 Å². The van der Waals surface area contributed by atoms with Crippen LogP contribution in [0.4, 0.5) is 0 Å². The molecule has 1 rings (SSSR count). The van der Waals surface area contributed by atoms with Gasteiger partial charge in [0.25, 0.3) is 0 Å². The van der Waals surface area contributed by atoms with Gasteiger partial charge in [-0.15, -0.1) is 0 Å². The van der Waals surface area contributed by atoms with Crippen LogP contribution in [0.1, 0.15) is 46.3 Å². The molecule has 0 fully saturated rings. The molecule has 0 bridgehead atoms. The number of benzene rings is 1. The molecule has 1 atom stereocenters. The number of aliphatic hydroxyl groups is 1. The van der Waals surface area contributed by atoms with E-state index in [9.17, 15) is 5.11 Å². The second-order valence-electron chi connectivity index (χ2n) is 5.34. The monoisotopic (exact) mass is 252 g/mol. The van der Waals surface area contributed by atoms with Crippen LogP contribution in [0, 0.1) is 5.41 Å². The van der Waals surface area contributed by atoms with Gasteiger partial charge in [-0.25, -0.2) is 0 Å². The second kappa shape index (κ2) is 6.10. The molecule has 1 aromatic carbocycles. The molecule has 1 aromatic rings. The van der Waals surface area contributed by atoms with Crippen LogP contribution in [0.25, 0.3) is 0 Å². The van der Waals surface area contributed by atoms with Gasteiger partial charge in [0.05, 0.1) is 19.3 Å². The molecule has 3 nitrogen and oxygen atoms in total. The van der Waals surface area contributed by atoms with E-state index >= 15 is 0 Å². The van der Waals surface area contributed by atoms with Crippen molar-refractivity contribution < 1.29 is 14.6 Å². The molecule has 0 amide bonds. The Hall–Kier alpha value is -1.22. The normalized spacial score (nSPS) is 13.2. The van der Waals surface area contributed by atoms with E-state index in [1.165, 1.54) is 0 Å². The fourth-order valence-corrected chi connectivity index (χ4v) is 1.74. The lowest BCUT2D eigenvalue weighted by molar-refractivity contribution is 0.0623. The summed E-state index contributed by atoms with van der Waals surface area (Å²) in [7, 11) is 0. The first-order valence-corrected chi connectivity index (χ1v) is 6.47. The van der Waals surface area contributed by atoms with Gasteiger partial charge >= 0.3 is 0 Å². The van der Waals surface area contributed by atoms with Gasteiger partial charge in [-0.3, -0.25) is 0 Å². The molecule has 0 aliphatic heterocycles. The van der Waals surface area contributed by atoms with Crippen LogP contribution in [0.15, 0.2) is 18.2 Å². The van der Waals surface area contributed by atoms with E-state index in [-0.39, 0.29) is 5.41 Å². The molecule has 1 unspecified atom stereocenters. The first-order valence-electron chi connectivity index (χ1n) is 6.47. The maximum atomic E-state index is 10.3. The van der Waals surface area contributed by atoms with Crippen LogP contribution < -0.4 is 9.47 Å². The van der Waals surface area contributed by atoms with Gasteiger partial charge in [0.1, 0.15) is 0 Å². The first-order chi connectivity index (χ1) is 8.40. The topological polar surface area (TPSA) is 38.7 Å². The third-order valence-electron chi connectivity index (χ3n) is 2.70. The molecule has 0 spiro atoms. The molecule has 0 aliphatic carbocycles. The zero-order valence-corrected chi connectivity index (χ0v) is 12.0. The summed E-state index contributed by atoms with van der Waals surface area (Å²) in [4.78, 5) is 0. The highest BCUT2D eigenvalue weighted by Crippen LogP contribution is 2.37. The minimum Gasteiger partial charge on any atom is -0.490 e. The van der Waals surface area contributed by atoms with Crippen molar-refractivity contribution >= 4 is 0 Å². The fraction of sp³-hybridized carbons (Fsp3) is 0.600. The molecular formula is C15H24O3.